The molecular weight excluding hydrogens is 256 g/mol. The van der Waals surface area contributed by atoms with Crippen molar-refractivity contribution in [2.75, 3.05) is 12.4 Å². The zero-order valence-corrected chi connectivity index (χ0v) is 11.5. The van der Waals surface area contributed by atoms with E-state index in [0.29, 0.717) is 17.0 Å². The zero-order chi connectivity index (χ0) is 14.1. The van der Waals surface area contributed by atoms with Gasteiger partial charge in [-0.1, -0.05) is 17.7 Å². The molecule has 102 valence electrons. The van der Waals surface area contributed by atoms with Crippen LogP contribution < -0.4 is 10.1 Å². The highest BCUT2D eigenvalue weighted by Crippen LogP contribution is 2.29. The fourth-order valence-corrected chi connectivity index (χ4v) is 2.06. The molecule has 6 heteroatoms. The third-order valence-electron chi connectivity index (χ3n) is 3.06. The summed E-state index contributed by atoms with van der Waals surface area (Å²) in [5, 5.41) is 10.8. The Balaban J connectivity index is 2.04. The Labute approximate surface area is 115 Å². The molecule has 6 nitrogen and oxygen atoms in total. The molecule has 1 aromatic carbocycles. The second-order valence-electron chi connectivity index (χ2n) is 4.60. The first-order valence-corrected chi connectivity index (χ1v) is 6.19. The Bertz CT molecular complexity index is 767. The molecule has 0 fully saturated rings. The van der Waals surface area contributed by atoms with Crippen LogP contribution in [-0.4, -0.2) is 22.4 Å². The molecule has 0 saturated carbocycles. The number of hydrogen-bond donors (Lipinski definition) is 1. The average Bonchev–Trinajstić information content (AvgIpc) is 2.88. The summed E-state index contributed by atoms with van der Waals surface area (Å²) in [5.74, 6) is 0.452. The largest absolute Gasteiger partial charge is 0.479 e. The number of nitrogens with zero attached hydrogens (tertiary/aromatic N) is 3. The summed E-state index contributed by atoms with van der Waals surface area (Å²) in [4.78, 5) is 4.24. The first-order chi connectivity index (χ1) is 9.67. The maximum Gasteiger partial charge on any atom is 0.239 e. The molecule has 0 atom stereocenters. The van der Waals surface area contributed by atoms with Crippen LogP contribution in [-0.2, 0) is 0 Å². The van der Waals surface area contributed by atoms with E-state index in [1.165, 1.54) is 5.56 Å². The number of rotatable bonds is 3. The van der Waals surface area contributed by atoms with Gasteiger partial charge in [0.15, 0.2) is 5.52 Å². The predicted molar refractivity (Wildman–Crippen MR) is 75.3 cm³/mol. The van der Waals surface area contributed by atoms with Gasteiger partial charge in [-0.05, 0) is 35.8 Å². The van der Waals surface area contributed by atoms with Crippen LogP contribution in [0.1, 0.15) is 11.1 Å². The fraction of sp³-hybridized carbons (Fsp3) is 0.214. The van der Waals surface area contributed by atoms with Crippen LogP contribution in [0.5, 0.6) is 5.88 Å². The lowest BCUT2D eigenvalue weighted by atomic mass is 10.1. The lowest BCUT2D eigenvalue weighted by molar-refractivity contribution is 0.314. The molecule has 0 unspecified atom stereocenters. The van der Waals surface area contributed by atoms with Crippen molar-refractivity contribution in [3.63, 3.8) is 0 Å². The quantitative estimate of drug-likeness (QED) is 0.788. The van der Waals surface area contributed by atoms with E-state index in [1.807, 2.05) is 19.1 Å². The van der Waals surface area contributed by atoms with Crippen molar-refractivity contribution in [1.29, 1.82) is 0 Å². The summed E-state index contributed by atoms with van der Waals surface area (Å²) in [5.41, 5.74) is 5.08. The fourth-order valence-electron chi connectivity index (χ4n) is 2.06. The van der Waals surface area contributed by atoms with E-state index in [4.69, 9.17) is 4.74 Å². The minimum Gasteiger partial charge on any atom is -0.479 e. The monoisotopic (exact) mass is 270 g/mol. The molecule has 0 aliphatic carbocycles. The van der Waals surface area contributed by atoms with Crippen molar-refractivity contribution in [1.82, 2.24) is 15.3 Å². The third-order valence-corrected chi connectivity index (χ3v) is 3.06. The predicted octanol–water partition coefficient (Wildman–Crippen LogP) is 2.99. The molecule has 0 spiro atoms. The Kier molecular flexibility index (Phi) is 2.98. The van der Waals surface area contributed by atoms with E-state index in [0.717, 1.165) is 16.9 Å². The summed E-state index contributed by atoms with van der Waals surface area (Å²) in [7, 11) is 1.56. The molecule has 2 heterocycles. The van der Waals surface area contributed by atoms with Gasteiger partial charge in [-0.15, -0.1) is 0 Å². The molecule has 20 heavy (non-hydrogen) atoms. The van der Waals surface area contributed by atoms with E-state index in [1.54, 1.807) is 13.2 Å². The Morgan fingerprint density at radius 2 is 1.95 bits per heavy atom. The maximum atomic E-state index is 5.28. The number of aromatic nitrogens is 3. The number of ether oxygens (including phenoxy) is 1. The van der Waals surface area contributed by atoms with E-state index < -0.39 is 0 Å². The van der Waals surface area contributed by atoms with Crippen LogP contribution in [0.15, 0.2) is 28.9 Å². The smallest absolute Gasteiger partial charge is 0.239 e. The number of nitrogens with one attached hydrogen (secondary N) is 1. The van der Waals surface area contributed by atoms with Gasteiger partial charge in [0.05, 0.1) is 7.11 Å². The van der Waals surface area contributed by atoms with Crippen LogP contribution in [0.3, 0.4) is 0 Å². The summed E-state index contributed by atoms with van der Waals surface area (Å²) >= 11 is 0. The minimum absolute atomic E-state index is 0.424. The van der Waals surface area contributed by atoms with Crippen LogP contribution in [0.25, 0.3) is 11.2 Å². The lowest BCUT2D eigenvalue weighted by Crippen LogP contribution is -1.99. The highest BCUT2D eigenvalue weighted by atomic mass is 16.6. The van der Waals surface area contributed by atoms with Crippen LogP contribution in [0.2, 0.25) is 0 Å². The number of benzene rings is 1. The molecular formula is C14H14N4O2. The minimum atomic E-state index is 0.424. The molecule has 0 bridgehead atoms. The van der Waals surface area contributed by atoms with Gasteiger partial charge in [0.1, 0.15) is 5.69 Å². The van der Waals surface area contributed by atoms with Crippen molar-refractivity contribution in [3.05, 3.63) is 35.4 Å². The van der Waals surface area contributed by atoms with Gasteiger partial charge in [-0.3, -0.25) is 0 Å². The van der Waals surface area contributed by atoms with Gasteiger partial charge in [-0.2, -0.15) is 4.98 Å². The topological polar surface area (TPSA) is 73.1 Å². The third kappa shape index (κ3) is 2.16. The molecule has 2 aromatic heterocycles. The standard InChI is InChI=1S/C14H14N4O2/c1-8-4-5-10(9(2)6-8)15-12-7-11-13(18-20-17-11)16-14(12)19-3/h4-7,15H,1-3H3. The summed E-state index contributed by atoms with van der Waals surface area (Å²) in [6.45, 7) is 4.11. The van der Waals surface area contributed by atoms with Gasteiger partial charge in [0, 0.05) is 11.8 Å². The van der Waals surface area contributed by atoms with Crippen molar-refractivity contribution < 1.29 is 9.37 Å². The number of methoxy groups -OCH3 is 1. The number of fused-ring (bicyclic) bond motifs is 1. The van der Waals surface area contributed by atoms with Crippen molar-refractivity contribution in [2.45, 2.75) is 13.8 Å². The van der Waals surface area contributed by atoms with Gasteiger partial charge < -0.3 is 10.1 Å². The van der Waals surface area contributed by atoms with Crippen molar-refractivity contribution in [2.24, 2.45) is 0 Å². The van der Waals surface area contributed by atoms with Gasteiger partial charge in [0.2, 0.25) is 11.5 Å². The van der Waals surface area contributed by atoms with Crippen LogP contribution in [0.4, 0.5) is 11.4 Å². The molecule has 0 aliphatic rings. The van der Waals surface area contributed by atoms with Gasteiger partial charge in [-0.25, -0.2) is 4.63 Å². The molecule has 0 aliphatic heterocycles. The number of pyridine rings is 1. The highest BCUT2D eigenvalue weighted by Gasteiger charge is 2.12. The molecule has 3 aromatic rings. The van der Waals surface area contributed by atoms with E-state index in [9.17, 15) is 0 Å². The van der Waals surface area contributed by atoms with Gasteiger partial charge in [0.25, 0.3) is 0 Å². The Morgan fingerprint density at radius 1 is 1.10 bits per heavy atom. The van der Waals surface area contributed by atoms with E-state index >= 15 is 0 Å². The maximum absolute atomic E-state index is 5.28. The van der Waals surface area contributed by atoms with Crippen LogP contribution in [0, 0.1) is 13.8 Å². The van der Waals surface area contributed by atoms with Crippen molar-refractivity contribution >= 4 is 22.5 Å². The molecule has 1 N–H and O–H groups in total. The molecule has 0 amide bonds. The first-order valence-electron chi connectivity index (χ1n) is 6.19. The molecule has 0 radical (unpaired) electrons. The zero-order valence-electron chi connectivity index (χ0n) is 11.5. The summed E-state index contributed by atoms with van der Waals surface area (Å²) in [6, 6.07) is 7.98. The number of hydrogen-bond acceptors (Lipinski definition) is 6. The Morgan fingerprint density at radius 3 is 2.70 bits per heavy atom. The van der Waals surface area contributed by atoms with Gasteiger partial charge >= 0.3 is 0 Å². The number of anilines is 2. The van der Waals surface area contributed by atoms with Crippen molar-refractivity contribution in [3.8, 4) is 5.88 Å². The Hall–Kier alpha value is -2.63. The normalized spacial score (nSPS) is 10.8. The highest BCUT2D eigenvalue weighted by molar-refractivity contribution is 5.79. The van der Waals surface area contributed by atoms with E-state index in [-0.39, 0.29) is 0 Å². The SMILES string of the molecule is COc1nc2nonc2cc1Nc1ccc(C)cc1C. The average molecular weight is 270 g/mol. The molecule has 3 rings (SSSR count). The molecule has 0 saturated heterocycles. The van der Waals surface area contributed by atoms with E-state index in [2.05, 4.69) is 38.2 Å². The second kappa shape index (κ2) is 4.80. The summed E-state index contributed by atoms with van der Waals surface area (Å²) in [6.07, 6.45) is 0. The summed E-state index contributed by atoms with van der Waals surface area (Å²) < 4.78 is 9.94. The second-order valence-corrected chi connectivity index (χ2v) is 4.60. The van der Waals surface area contributed by atoms with Crippen LogP contribution >= 0.6 is 0 Å². The lowest BCUT2D eigenvalue weighted by Gasteiger charge is -2.12. The first kappa shape index (κ1) is 12.4. The number of aryl methyl sites for hydroxylation is 2.